The Labute approximate surface area is 153 Å². The second kappa shape index (κ2) is 7.47. The summed E-state index contributed by atoms with van der Waals surface area (Å²) in [6.07, 6.45) is 2.27. The largest absolute Gasteiger partial charge is 0.328 e. The van der Waals surface area contributed by atoms with Crippen LogP contribution in [0, 0.1) is 12.8 Å². The predicted octanol–water partition coefficient (Wildman–Crippen LogP) is 2.86. The van der Waals surface area contributed by atoms with Crippen LogP contribution >= 0.6 is 0 Å². The number of nitrogens with two attached hydrogens (primary N) is 1. The lowest BCUT2D eigenvalue weighted by molar-refractivity contribution is -0.119. The van der Waals surface area contributed by atoms with E-state index in [1.165, 1.54) is 6.07 Å². The lowest BCUT2D eigenvalue weighted by Crippen LogP contribution is -2.23. The molecule has 0 radical (unpaired) electrons. The van der Waals surface area contributed by atoms with Crippen LogP contribution in [-0.2, 0) is 14.8 Å². The zero-order valence-electron chi connectivity index (χ0n) is 14.6. The molecule has 6 nitrogen and oxygen atoms in total. The Kier molecular flexibility index (Phi) is 5.29. The molecule has 2 aromatic carbocycles. The van der Waals surface area contributed by atoms with Gasteiger partial charge in [-0.2, -0.15) is 0 Å². The highest BCUT2D eigenvalue weighted by Gasteiger charge is 2.28. The number of aryl methyl sites for hydroxylation is 1. The number of hydrogen-bond donors (Lipinski definition) is 3. The maximum atomic E-state index is 12.7. The molecule has 1 aliphatic carbocycles. The van der Waals surface area contributed by atoms with E-state index in [9.17, 15) is 13.2 Å². The molecule has 7 heteroatoms. The Morgan fingerprint density at radius 1 is 1.08 bits per heavy atom. The minimum absolute atomic E-state index is 0.0646. The molecule has 138 valence electrons. The van der Waals surface area contributed by atoms with Crippen LogP contribution in [0.25, 0.3) is 0 Å². The molecule has 2 aromatic rings. The molecule has 0 heterocycles. The molecule has 1 fully saturated rings. The van der Waals surface area contributed by atoms with Crippen molar-refractivity contribution in [2.75, 3.05) is 10.0 Å². The van der Waals surface area contributed by atoms with E-state index >= 15 is 0 Å². The number of para-hydroxylation sites is 1. The zero-order chi connectivity index (χ0) is 18.7. The SMILES string of the molecule is Cc1ccc(NC(=O)C2CCC(N)C2)cc1S(=O)(=O)Nc1ccccc1. The van der Waals surface area contributed by atoms with Gasteiger partial charge in [0, 0.05) is 23.3 Å². The highest BCUT2D eigenvalue weighted by atomic mass is 32.2. The van der Waals surface area contributed by atoms with Crippen molar-refractivity contribution < 1.29 is 13.2 Å². The van der Waals surface area contributed by atoms with Crippen LogP contribution in [0.2, 0.25) is 0 Å². The van der Waals surface area contributed by atoms with Crippen LogP contribution < -0.4 is 15.8 Å². The van der Waals surface area contributed by atoms with Gasteiger partial charge in [0.15, 0.2) is 0 Å². The Morgan fingerprint density at radius 3 is 2.46 bits per heavy atom. The highest BCUT2D eigenvalue weighted by molar-refractivity contribution is 7.92. The van der Waals surface area contributed by atoms with Crippen LogP contribution in [0.5, 0.6) is 0 Å². The molecular weight excluding hydrogens is 350 g/mol. The van der Waals surface area contributed by atoms with Gasteiger partial charge in [0.1, 0.15) is 0 Å². The fraction of sp³-hybridized carbons (Fsp3) is 0.316. The molecule has 0 aromatic heterocycles. The zero-order valence-corrected chi connectivity index (χ0v) is 15.4. The Hall–Kier alpha value is -2.38. The first-order chi connectivity index (χ1) is 12.3. The molecule has 1 saturated carbocycles. The second-order valence-corrected chi connectivity index (χ2v) is 8.36. The van der Waals surface area contributed by atoms with Crippen molar-refractivity contribution in [2.24, 2.45) is 11.7 Å². The molecule has 3 rings (SSSR count). The number of nitrogens with one attached hydrogen (secondary N) is 2. The van der Waals surface area contributed by atoms with Crippen molar-refractivity contribution in [3.05, 3.63) is 54.1 Å². The van der Waals surface area contributed by atoms with Crippen molar-refractivity contribution in [1.82, 2.24) is 0 Å². The molecule has 4 N–H and O–H groups in total. The molecule has 0 spiro atoms. The first-order valence-corrected chi connectivity index (χ1v) is 10.1. The number of carbonyl (C=O) groups is 1. The van der Waals surface area contributed by atoms with Crippen molar-refractivity contribution in [2.45, 2.75) is 37.1 Å². The topological polar surface area (TPSA) is 101 Å². The van der Waals surface area contributed by atoms with E-state index in [1.54, 1.807) is 43.3 Å². The molecular formula is C19H23N3O3S. The number of sulfonamides is 1. The second-order valence-electron chi connectivity index (χ2n) is 6.71. The Morgan fingerprint density at radius 2 is 1.81 bits per heavy atom. The molecule has 0 bridgehead atoms. The fourth-order valence-corrected chi connectivity index (χ4v) is 4.51. The molecule has 0 aliphatic heterocycles. The average molecular weight is 373 g/mol. The van der Waals surface area contributed by atoms with Crippen molar-refractivity contribution in [3.63, 3.8) is 0 Å². The van der Waals surface area contributed by atoms with Crippen LogP contribution in [0.4, 0.5) is 11.4 Å². The lowest BCUT2D eigenvalue weighted by Gasteiger charge is -2.14. The summed E-state index contributed by atoms with van der Waals surface area (Å²) in [5, 5.41) is 2.82. The third kappa shape index (κ3) is 4.23. The summed E-state index contributed by atoms with van der Waals surface area (Å²) in [5.41, 5.74) is 7.42. The summed E-state index contributed by atoms with van der Waals surface area (Å²) >= 11 is 0. The predicted molar refractivity (Wildman–Crippen MR) is 102 cm³/mol. The van der Waals surface area contributed by atoms with Crippen molar-refractivity contribution in [1.29, 1.82) is 0 Å². The number of benzene rings is 2. The lowest BCUT2D eigenvalue weighted by atomic mass is 10.1. The summed E-state index contributed by atoms with van der Waals surface area (Å²) in [6, 6.07) is 13.7. The van der Waals surface area contributed by atoms with Gasteiger partial charge in [-0.05, 0) is 56.0 Å². The van der Waals surface area contributed by atoms with Gasteiger partial charge in [0.05, 0.1) is 4.90 Å². The number of carbonyl (C=O) groups excluding carboxylic acids is 1. The smallest absolute Gasteiger partial charge is 0.262 e. The molecule has 1 aliphatic rings. The van der Waals surface area contributed by atoms with Gasteiger partial charge in [0.25, 0.3) is 10.0 Å². The molecule has 26 heavy (non-hydrogen) atoms. The average Bonchev–Trinajstić information content (AvgIpc) is 3.03. The van der Waals surface area contributed by atoms with E-state index in [2.05, 4.69) is 10.0 Å². The van der Waals surface area contributed by atoms with Crippen molar-refractivity contribution >= 4 is 27.3 Å². The van der Waals surface area contributed by atoms with Crippen LogP contribution in [0.15, 0.2) is 53.4 Å². The van der Waals surface area contributed by atoms with Crippen LogP contribution in [0.3, 0.4) is 0 Å². The maximum absolute atomic E-state index is 12.7. The standard InChI is InChI=1S/C19H23N3O3S/c1-13-7-10-17(21-19(23)14-8-9-15(20)11-14)12-18(13)26(24,25)22-16-5-3-2-4-6-16/h2-7,10,12,14-15,22H,8-9,11,20H2,1H3,(H,21,23). The highest BCUT2D eigenvalue weighted by Crippen LogP contribution is 2.27. The van der Waals surface area contributed by atoms with Gasteiger partial charge in [-0.15, -0.1) is 0 Å². The van der Waals surface area contributed by atoms with Gasteiger partial charge >= 0.3 is 0 Å². The van der Waals surface area contributed by atoms with Crippen LogP contribution in [-0.4, -0.2) is 20.4 Å². The molecule has 2 unspecified atom stereocenters. The fourth-order valence-electron chi connectivity index (χ4n) is 3.18. The first kappa shape index (κ1) is 18.4. The third-order valence-electron chi connectivity index (χ3n) is 4.62. The summed E-state index contributed by atoms with van der Waals surface area (Å²) in [7, 11) is -3.75. The van der Waals surface area contributed by atoms with E-state index in [4.69, 9.17) is 5.73 Å². The van der Waals surface area contributed by atoms with Crippen LogP contribution in [0.1, 0.15) is 24.8 Å². The number of hydrogen-bond acceptors (Lipinski definition) is 4. The first-order valence-electron chi connectivity index (χ1n) is 8.60. The Balaban J connectivity index is 1.80. The van der Waals surface area contributed by atoms with E-state index in [0.29, 0.717) is 23.4 Å². The summed E-state index contributed by atoms with van der Waals surface area (Å²) < 4.78 is 28.0. The quantitative estimate of drug-likeness (QED) is 0.750. The van der Waals surface area contributed by atoms with E-state index < -0.39 is 10.0 Å². The van der Waals surface area contributed by atoms with Crippen molar-refractivity contribution in [3.8, 4) is 0 Å². The summed E-state index contributed by atoms with van der Waals surface area (Å²) in [5.74, 6) is -0.227. The number of anilines is 2. The minimum atomic E-state index is -3.75. The van der Waals surface area contributed by atoms with Gasteiger partial charge in [-0.1, -0.05) is 24.3 Å². The summed E-state index contributed by atoms with van der Waals surface area (Å²) in [4.78, 5) is 12.5. The van der Waals surface area contributed by atoms with Gasteiger partial charge in [-0.3, -0.25) is 9.52 Å². The minimum Gasteiger partial charge on any atom is -0.328 e. The van der Waals surface area contributed by atoms with E-state index in [0.717, 1.165) is 12.8 Å². The monoisotopic (exact) mass is 373 g/mol. The van der Waals surface area contributed by atoms with E-state index in [-0.39, 0.29) is 22.8 Å². The number of rotatable bonds is 5. The third-order valence-corrected chi connectivity index (χ3v) is 6.14. The molecule has 1 amide bonds. The molecule has 2 atom stereocenters. The summed E-state index contributed by atoms with van der Waals surface area (Å²) in [6.45, 7) is 1.72. The number of amides is 1. The van der Waals surface area contributed by atoms with Gasteiger partial charge in [-0.25, -0.2) is 8.42 Å². The maximum Gasteiger partial charge on any atom is 0.262 e. The normalized spacial score (nSPS) is 19.9. The van der Waals surface area contributed by atoms with E-state index in [1.807, 2.05) is 6.07 Å². The Bertz CT molecular complexity index is 898. The molecule has 0 saturated heterocycles. The van der Waals surface area contributed by atoms with Gasteiger partial charge in [0.2, 0.25) is 5.91 Å². The van der Waals surface area contributed by atoms with Gasteiger partial charge < -0.3 is 11.1 Å².